The Bertz CT molecular complexity index is 1410. The van der Waals surface area contributed by atoms with E-state index in [1.165, 1.54) is 22.3 Å². The molecule has 1 aliphatic carbocycles. The average Bonchev–Trinajstić information content (AvgIpc) is 3.45. The van der Waals surface area contributed by atoms with Gasteiger partial charge in [0.15, 0.2) is 0 Å². The van der Waals surface area contributed by atoms with Crippen LogP contribution in [0.5, 0.6) is 0 Å². The van der Waals surface area contributed by atoms with Gasteiger partial charge in [-0.2, -0.15) is 0 Å². The zero-order valence-corrected chi connectivity index (χ0v) is 19.8. The number of aliphatic carboxylic acids is 1. The van der Waals surface area contributed by atoms with Crippen molar-refractivity contribution in [1.82, 2.24) is 9.47 Å². The quantitative estimate of drug-likeness (QED) is 0.443. The number of carbonyl (C=O) groups excluding carboxylic acids is 1. The number of ether oxygens (including phenoxy) is 1. The van der Waals surface area contributed by atoms with Gasteiger partial charge in [0.1, 0.15) is 13.2 Å². The molecule has 1 amide bonds. The van der Waals surface area contributed by atoms with Crippen molar-refractivity contribution in [1.29, 1.82) is 0 Å². The van der Waals surface area contributed by atoms with Crippen molar-refractivity contribution in [3.8, 4) is 11.1 Å². The Kier molecular flexibility index (Phi) is 5.60. The Morgan fingerprint density at radius 2 is 1.53 bits per heavy atom. The van der Waals surface area contributed by atoms with Crippen molar-refractivity contribution >= 4 is 28.7 Å². The summed E-state index contributed by atoms with van der Waals surface area (Å²) in [5.41, 5.74) is 6.84. The molecule has 2 heterocycles. The van der Waals surface area contributed by atoms with Gasteiger partial charge in [-0.25, -0.2) is 4.79 Å². The minimum atomic E-state index is -0.860. The number of amides is 1. The largest absolute Gasteiger partial charge is 0.480 e. The fourth-order valence-electron chi connectivity index (χ4n) is 5.50. The molecular formula is C29H27N3O4. The zero-order valence-electron chi connectivity index (χ0n) is 19.8. The summed E-state index contributed by atoms with van der Waals surface area (Å²) in [5.74, 6) is -0.802. The molecule has 0 radical (unpaired) electrons. The van der Waals surface area contributed by atoms with Crippen LogP contribution in [0, 0.1) is 0 Å². The summed E-state index contributed by atoms with van der Waals surface area (Å²) >= 11 is 0. The molecule has 1 aromatic heterocycles. The summed E-state index contributed by atoms with van der Waals surface area (Å²) < 4.78 is 7.56. The normalized spacial score (nSPS) is 15.1. The van der Waals surface area contributed by atoms with E-state index in [0.29, 0.717) is 32.8 Å². The first kappa shape index (κ1) is 22.2. The lowest BCUT2D eigenvalue weighted by Crippen LogP contribution is -2.49. The highest BCUT2D eigenvalue weighted by Crippen LogP contribution is 2.44. The van der Waals surface area contributed by atoms with Gasteiger partial charge in [-0.15, -0.1) is 0 Å². The molecule has 0 spiro atoms. The highest BCUT2D eigenvalue weighted by Gasteiger charge is 2.30. The molecule has 2 aliphatic rings. The number of anilines is 1. The smallest absolute Gasteiger partial charge is 0.409 e. The van der Waals surface area contributed by atoms with E-state index in [4.69, 9.17) is 9.84 Å². The molecule has 7 nitrogen and oxygen atoms in total. The molecule has 36 heavy (non-hydrogen) atoms. The second-order valence-electron chi connectivity index (χ2n) is 9.36. The van der Waals surface area contributed by atoms with Gasteiger partial charge in [0.2, 0.25) is 0 Å². The van der Waals surface area contributed by atoms with Crippen molar-refractivity contribution in [2.75, 3.05) is 37.7 Å². The third kappa shape index (κ3) is 3.96. The summed E-state index contributed by atoms with van der Waals surface area (Å²) in [6.07, 6.45) is 1.54. The molecule has 1 fully saturated rings. The van der Waals surface area contributed by atoms with Crippen LogP contribution < -0.4 is 4.90 Å². The molecule has 0 saturated carbocycles. The van der Waals surface area contributed by atoms with E-state index in [1.54, 1.807) is 15.7 Å². The molecular weight excluding hydrogens is 454 g/mol. The van der Waals surface area contributed by atoms with Crippen LogP contribution in [0.1, 0.15) is 17.0 Å². The van der Waals surface area contributed by atoms with Gasteiger partial charge in [0, 0.05) is 54.9 Å². The summed E-state index contributed by atoms with van der Waals surface area (Å²) in [4.78, 5) is 28.0. The maximum Gasteiger partial charge on any atom is 0.409 e. The van der Waals surface area contributed by atoms with Crippen LogP contribution in [0.3, 0.4) is 0 Å². The number of carboxylic acids is 1. The molecule has 182 valence electrons. The number of benzene rings is 3. The Hall–Kier alpha value is -4.26. The zero-order chi connectivity index (χ0) is 24.6. The monoisotopic (exact) mass is 481 g/mol. The summed E-state index contributed by atoms with van der Waals surface area (Å²) in [6, 6.07) is 24.7. The first-order valence-electron chi connectivity index (χ1n) is 12.2. The van der Waals surface area contributed by atoms with E-state index in [1.807, 2.05) is 42.5 Å². The van der Waals surface area contributed by atoms with Gasteiger partial charge >= 0.3 is 12.1 Å². The molecule has 0 atom stereocenters. The first-order chi connectivity index (χ1) is 17.6. The van der Waals surface area contributed by atoms with Crippen LogP contribution in [0.25, 0.3) is 22.0 Å². The minimum Gasteiger partial charge on any atom is -0.480 e. The van der Waals surface area contributed by atoms with Crippen molar-refractivity contribution in [2.24, 2.45) is 0 Å². The minimum absolute atomic E-state index is 0.0539. The number of aromatic nitrogens is 1. The predicted octanol–water partition coefficient (Wildman–Crippen LogP) is 4.80. The van der Waals surface area contributed by atoms with Crippen LogP contribution in [0.2, 0.25) is 0 Å². The lowest BCUT2D eigenvalue weighted by Gasteiger charge is -2.35. The second-order valence-corrected chi connectivity index (χ2v) is 9.36. The predicted molar refractivity (Wildman–Crippen MR) is 138 cm³/mol. The fourth-order valence-corrected chi connectivity index (χ4v) is 5.50. The average molecular weight is 482 g/mol. The van der Waals surface area contributed by atoms with Crippen LogP contribution in [-0.2, 0) is 16.1 Å². The number of hydrogen-bond donors (Lipinski definition) is 1. The van der Waals surface area contributed by atoms with E-state index in [-0.39, 0.29) is 18.6 Å². The Balaban J connectivity index is 1.08. The molecule has 7 heteroatoms. The number of fused-ring (bicyclic) bond motifs is 4. The number of piperazine rings is 1. The standard InChI is InChI=1S/C29H27N3O4/c33-28(34)18-32-12-11-20-17-21(9-10-27(20)32)30-13-15-31(16-14-30)29(35)36-19-26-24-7-3-1-5-22(24)23-6-2-4-8-25(23)26/h1-12,17,26H,13-16,18-19H2,(H,33,34). The summed E-state index contributed by atoms with van der Waals surface area (Å²) in [6.45, 7) is 2.89. The maximum absolute atomic E-state index is 12.9. The highest BCUT2D eigenvalue weighted by molar-refractivity contribution is 5.85. The fraction of sp³-hybridized carbons (Fsp3) is 0.241. The maximum atomic E-state index is 12.9. The Morgan fingerprint density at radius 3 is 2.19 bits per heavy atom. The molecule has 4 aromatic rings. The van der Waals surface area contributed by atoms with Crippen molar-refractivity contribution in [3.05, 3.63) is 90.1 Å². The molecule has 1 aliphatic heterocycles. The number of carboxylic acid groups (broad SMARTS) is 1. The lowest BCUT2D eigenvalue weighted by atomic mass is 9.98. The van der Waals surface area contributed by atoms with Crippen molar-refractivity contribution in [2.45, 2.75) is 12.5 Å². The third-order valence-electron chi connectivity index (χ3n) is 7.30. The molecule has 0 bridgehead atoms. The van der Waals surface area contributed by atoms with Gasteiger partial charge in [-0.1, -0.05) is 48.5 Å². The Labute approximate surface area is 209 Å². The number of nitrogens with zero attached hydrogens (tertiary/aromatic N) is 3. The van der Waals surface area contributed by atoms with Gasteiger partial charge in [-0.05, 0) is 46.5 Å². The number of hydrogen-bond acceptors (Lipinski definition) is 4. The number of carbonyl (C=O) groups is 2. The number of rotatable bonds is 5. The van der Waals surface area contributed by atoms with Crippen molar-refractivity contribution < 1.29 is 19.4 Å². The highest BCUT2D eigenvalue weighted by atomic mass is 16.6. The Morgan fingerprint density at radius 1 is 0.861 bits per heavy atom. The summed E-state index contributed by atoms with van der Waals surface area (Å²) in [5, 5.41) is 10.1. The molecule has 0 unspecified atom stereocenters. The van der Waals surface area contributed by atoms with E-state index in [2.05, 4.69) is 35.2 Å². The van der Waals surface area contributed by atoms with Crippen molar-refractivity contribution in [3.63, 3.8) is 0 Å². The first-order valence-corrected chi connectivity index (χ1v) is 12.2. The van der Waals surface area contributed by atoms with Gasteiger partial charge in [0.25, 0.3) is 0 Å². The van der Waals surface area contributed by atoms with Crippen LogP contribution in [-0.4, -0.2) is 59.4 Å². The van der Waals surface area contributed by atoms with Crippen LogP contribution in [0.4, 0.5) is 10.5 Å². The van der Waals surface area contributed by atoms with Gasteiger partial charge in [0.05, 0.1) is 0 Å². The molecule has 3 aromatic carbocycles. The van der Waals surface area contributed by atoms with Gasteiger partial charge in [-0.3, -0.25) is 4.79 Å². The molecule has 1 saturated heterocycles. The SMILES string of the molecule is O=C(O)Cn1ccc2cc(N3CCN(C(=O)OCC4c5ccccc5-c5ccccc54)CC3)ccc21. The topological polar surface area (TPSA) is 75.0 Å². The molecule has 6 rings (SSSR count). The second kappa shape index (κ2) is 9.07. The van der Waals surface area contributed by atoms with E-state index >= 15 is 0 Å². The third-order valence-corrected chi connectivity index (χ3v) is 7.30. The van der Waals surface area contributed by atoms with Crippen LogP contribution in [0.15, 0.2) is 79.0 Å². The lowest BCUT2D eigenvalue weighted by molar-refractivity contribution is -0.137. The van der Waals surface area contributed by atoms with E-state index in [9.17, 15) is 9.59 Å². The van der Waals surface area contributed by atoms with E-state index in [0.717, 1.165) is 16.6 Å². The van der Waals surface area contributed by atoms with Crippen LogP contribution >= 0.6 is 0 Å². The van der Waals surface area contributed by atoms with E-state index < -0.39 is 5.97 Å². The summed E-state index contributed by atoms with van der Waals surface area (Å²) in [7, 11) is 0. The molecule has 1 N–H and O–H groups in total. The van der Waals surface area contributed by atoms with Gasteiger partial charge < -0.3 is 24.2 Å².